The van der Waals surface area contributed by atoms with Gasteiger partial charge in [-0.2, -0.15) is 0 Å². The highest BCUT2D eigenvalue weighted by Gasteiger charge is 2.59. The number of fused-ring (bicyclic) bond motifs is 1. The lowest BCUT2D eigenvalue weighted by molar-refractivity contribution is -0.223. The van der Waals surface area contributed by atoms with Crippen molar-refractivity contribution in [3.8, 4) is 0 Å². The SMILES string of the molecule is CC(C)C(=O)OC(C)(C)OC(=O)[C@@H]1N2C(=O)C[C@H]2SC1(C)C. The normalized spacial score (nSPS) is 26.5. The van der Waals surface area contributed by atoms with Crippen LogP contribution in [0.15, 0.2) is 0 Å². The molecule has 2 aliphatic heterocycles. The molecule has 0 aromatic rings. The van der Waals surface area contributed by atoms with Gasteiger partial charge in [0.1, 0.15) is 6.04 Å². The Labute approximate surface area is 134 Å². The predicted octanol–water partition coefficient (Wildman–Crippen LogP) is 1.92. The second-order valence-electron chi connectivity index (χ2n) is 6.98. The van der Waals surface area contributed by atoms with Crippen molar-refractivity contribution in [2.24, 2.45) is 5.92 Å². The van der Waals surface area contributed by atoms with Gasteiger partial charge < -0.3 is 14.4 Å². The summed E-state index contributed by atoms with van der Waals surface area (Å²) in [5, 5.41) is 0.0429. The number of nitrogens with zero attached hydrogens (tertiary/aromatic N) is 1. The number of esters is 2. The Morgan fingerprint density at radius 1 is 1.32 bits per heavy atom. The zero-order chi connectivity index (χ0) is 16.9. The van der Waals surface area contributed by atoms with Crippen molar-refractivity contribution >= 4 is 29.6 Å². The number of thioether (sulfide) groups is 1. The zero-order valence-electron chi connectivity index (χ0n) is 13.8. The summed E-state index contributed by atoms with van der Waals surface area (Å²) in [6.45, 7) is 10.3. The monoisotopic (exact) mass is 329 g/mol. The Morgan fingerprint density at radius 2 is 1.91 bits per heavy atom. The standard InChI is InChI=1S/C15H23NO5S/c1-8(2)12(18)20-15(5,6)21-13(19)11-14(3,4)22-10-7-9(17)16(10)11/h8,10-11H,7H2,1-6H3/t10-,11+/m1/s1. The van der Waals surface area contributed by atoms with Gasteiger partial charge in [0.25, 0.3) is 5.79 Å². The summed E-state index contributed by atoms with van der Waals surface area (Å²) in [5.74, 6) is -2.67. The number of ether oxygens (including phenoxy) is 2. The van der Waals surface area contributed by atoms with Crippen LogP contribution in [-0.4, -0.2) is 44.7 Å². The molecule has 0 saturated carbocycles. The fourth-order valence-electron chi connectivity index (χ4n) is 2.64. The molecule has 2 atom stereocenters. The van der Waals surface area contributed by atoms with Gasteiger partial charge >= 0.3 is 11.9 Å². The van der Waals surface area contributed by atoms with E-state index in [4.69, 9.17) is 9.47 Å². The van der Waals surface area contributed by atoms with E-state index in [0.717, 1.165) is 0 Å². The largest absolute Gasteiger partial charge is 0.423 e. The van der Waals surface area contributed by atoms with Crippen LogP contribution in [0.2, 0.25) is 0 Å². The van der Waals surface area contributed by atoms with Crippen LogP contribution in [-0.2, 0) is 23.9 Å². The topological polar surface area (TPSA) is 72.9 Å². The van der Waals surface area contributed by atoms with Crippen LogP contribution in [0.5, 0.6) is 0 Å². The Morgan fingerprint density at radius 3 is 2.41 bits per heavy atom. The number of carbonyl (C=O) groups is 3. The average Bonchev–Trinajstić information content (AvgIpc) is 2.54. The average molecular weight is 329 g/mol. The summed E-state index contributed by atoms with van der Waals surface area (Å²) < 4.78 is 10.2. The van der Waals surface area contributed by atoms with Gasteiger partial charge in [-0.05, 0) is 13.8 Å². The summed E-state index contributed by atoms with van der Waals surface area (Å²) in [4.78, 5) is 37.6. The van der Waals surface area contributed by atoms with E-state index >= 15 is 0 Å². The third-order valence-corrected chi connectivity index (χ3v) is 5.21. The van der Waals surface area contributed by atoms with Crippen LogP contribution in [0.4, 0.5) is 0 Å². The molecule has 2 saturated heterocycles. The van der Waals surface area contributed by atoms with Crippen molar-refractivity contribution in [3.63, 3.8) is 0 Å². The van der Waals surface area contributed by atoms with E-state index in [1.165, 1.54) is 13.8 Å². The Balaban J connectivity index is 2.08. The van der Waals surface area contributed by atoms with E-state index in [2.05, 4.69) is 0 Å². The van der Waals surface area contributed by atoms with Gasteiger partial charge in [-0.3, -0.25) is 9.59 Å². The lowest BCUT2D eigenvalue weighted by Crippen LogP contribution is -2.58. The first-order chi connectivity index (χ1) is 9.94. The third kappa shape index (κ3) is 3.09. The van der Waals surface area contributed by atoms with Crippen molar-refractivity contribution in [2.75, 3.05) is 0 Å². The maximum Gasteiger partial charge on any atom is 0.333 e. The van der Waals surface area contributed by atoms with E-state index in [1.54, 1.807) is 30.5 Å². The van der Waals surface area contributed by atoms with Gasteiger partial charge in [0, 0.05) is 18.6 Å². The number of carbonyl (C=O) groups excluding carboxylic acids is 3. The fourth-order valence-corrected chi connectivity index (χ4v) is 4.26. The number of rotatable bonds is 4. The first-order valence-corrected chi connectivity index (χ1v) is 8.27. The molecule has 2 rings (SSSR count). The molecule has 2 aliphatic rings. The van der Waals surface area contributed by atoms with Gasteiger partial charge in [-0.25, -0.2) is 4.79 Å². The van der Waals surface area contributed by atoms with E-state index in [9.17, 15) is 14.4 Å². The molecule has 2 heterocycles. The maximum atomic E-state index is 12.5. The molecule has 124 valence electrons. The highest BCUT2D eigenvalue weighted by Crippen LogP contribution is 2.51. The molecular weight excluding hydrogens is 306 g/mol. The molecule has 0 aromatic carbocycles. The van der Waals surface area contributed by atoms with Crippen molar-refractivity contribution in [2.45, 2.75) is 69.9 Å². The molecule has 0 N–H and O–H groups in total. The third-order valence-electron chi connectivity index (χ3n) is 3.71. The summed E-state index contributed by atoms with van der Waals surface area (Å²) >= 11 is 1.60. The van der Waals surface area contributed by atoms with Crippen LogP contribution in [0.1, 0.15) is 48.0 Å². The molecular formula is C15H23NO5S. The molecule has 0 spiro atoms. The lowest BCUT2D eigenvalue weighted by atomic mass is 9.98. The summed E-state index contributed by atoms with van der Waals surface area (Å²) in [6.07, 6.45) is 0.462. The van der Waals surface area contributed by atoms with Crippen LogP contribution in [0, 0.1) is 5.92 Å². The van der Waals surface area contributed by atoms with Gasteiger partial charge in [0.2, 0.25) is 5.91 Å². The Bertz CT molecular complexity index is 514. The molecule has 0 radical (unpaired) electrons. The van der Waals surface area contributed by atoms with Gasteiger partial charge in [0.15, 0.2) is 0 Å². The Kier molecular flexibility index (Phi) is 4.23. The summed E-state index contributed by atoms with van der Waals surface area (Å²) in [6, 6.07) is -0.652. The summed E-state index contributed by atoms with van der Waals surface area (Å²) in [5.41, 5.74) is 0. The highest BCUT2D eigenvalue weighted by molar-refractivity contribution is 8.01. The van der Waals surface area contributed by atoms with E-state index in [-0.39, 0.29) is 17.2 Å². The van der Waals surface area contributed by atoms with Gasteiger partial charge in [-0.15, -0.1) is 11.8 Å². The van der Waals surface area contributed by atoms with Gasteiger partial charge in [0.05, 0.1) is 17.7 Å². The minimum Gasteiger partial charge on any atom is -0.423 e. The molecule has 0 aliphatic carbocycles. The molecule has 7 heteroatoms. The zero-order valence-corrected chi connectivity index (χ0v) is 14.7. The quantitative estimate of drug-likeness (QED) is 0.446. The van der Waals surface area contributed by atoms with Crippen LogP contribution in [0.25, 0.3) is 0 Å². The van der Waals surface area contributed by atoms with E-state index < -0.39 is 28.5 Å². The smallest absolute Gasteiger partial charge is 0.333 e. The first kappa shape index (κ1) is 17.1. The molecule has 22 heavy (non-hydrogen) atoms. The van der Waals surface area contributed by atoms with Crippen molar-refractivity contribution < 1.29 is 23.9 Å². The molecule has 6 nitrogen and oxygen atoms in total. The molecule has 0 aromatic heterocycles. The number of hydrogen-bond acceptors (Lipinski definition) is 6. The first-order valence-electron chi connectivity index (χ1n) is 7.39. The number of amides is 1. The minimum atomic E-state index is -1.36. The molecule has 2 fully saturated rings. The van der Waals surface area contributed by atoms with Crippen molar-refractivity contribution in [3.05, 3.63) is 0 Å². The second-order valence-corrected chi connectivity index (χ2v) is 8.81. The van der Waals surface area contributed by atoms with Crippen LogP contribution >= 0.6 is 11.8 Å². The van der Waals surface area contributed by atoms with E-state index in [1.807, 2.05) is 13.8 Å². The second kappa shape index (κ2) is 5.44. The van der Waals surface area contributed by atoms with Crippen LogP contribution in [0.3, 0.4) is 0 Å². The van der Waals surface area contributed by atoms with E-state index in [0.29, 0.717) is 6.42 Å². The fraction of sp³-hybridized carbons (Fsp3) is 0.800. The predicted molar refractivity (Wildman–Crippen MR) is 81.8 cm³/mol. The summed E-state index contributed by atoms with van der Waals surface area (Å²) in [7, 11) is 0. The number of β-lactam (4-membered cyclic amide) rings is 1. The molecule has 0 unspecified atom stereocenters. The van der Waals surface area contributed by atoms with Crippen molar-refractivity contribution in [1.29, 1.82) is 0 Å². The maximum absolute atomic E-state index is 12.5. The highest BCUT2D eigenvalue weighted by atomic mass is 32.2. The Hall–Kier alpha value is -1.24. The lowest BCUT2D eigenvalue weighted by Gasteiger charge is -2.38. The molecule has 1 amide bonds. The minimum absolute atomic E-state index is 0.0398. The molecule has 0 bridgehead atoms. The van der Waals surface area contributed by atoms with Crippen molar-refractivity contribution in [1.82, 2.24) is 4.90 Å². The van der Waals surface area contributed by atoms with Crippen LogP contribution < -0.4 is 0 Å². The number of hydrogen-bond donors (Lipinski definition) is 0. The van der Waals surface area contributed by atoms with Gasteiger partial charge in [-0.1, -0.05) is 13.8 Å².